The zero-order valence-corrected chi connectivity index (χ0v) is 12.3. The van der Waals surface area contributed by atoms with E-state index in [-0.39, 0.29) is 12.4 Å². The highest BCUT2D eigenvalue weighted by molar-refractivity contribution is 6.29. The van der Waals surface area contributed by atoms with Gasteiger partial charge in [0.2, 0.25) is 5.88 Å². The number of ether oxygens (including phenoxy) is 1. The quantitative estimate of drug-likeness (QED) is 0.739. The van der Waals surface area contributed by atoms with Crippen molar-refractivity contribution in [2.75, 3.05) is 0 Å². The Bertz CT molecular complexity index is 773. The first-order chi connectivity index (χ1) is 10.6. The van der Waals surface area contributed by atoms with Gasteiger partial charge in [-0.1, -0.05) is 16.8 Å². The van der Waals surface area contributed by atoms with Crippen LogP contribution in [-0.4, -0.2) is 25.2 Å². The van der Waals surface area contributed by atoms with Crippen molar-refractivity contribution in [2.24, 2.45) is 7.05 Å². The molecular weight excluding hydrogens is 309 g/mol. The van der Waals surface area contributed by atoms with Gasteiger partial charge in [-0.05, 0) is 30.3 Å². The van der Waals surface area contributed by atoms with Gasteiger partial charge in [-0.15, -0.1) is 15.3 Å². The molecule has 2 aromatic heterocycles. The third-order valence-electron chi connectivity index (χ3n) is 3.02. The number of benzene rings is 1. The Hall–Kier alpha value is -2.54. The summed E-state index contributed by atoms with van der Waals surface area (Å²) in [5.74, 6) is 0.0394. The number of hydrogen-bond acceptors (Lipinski definition) is 5. The van der Waals surface area contributed by atoms with Crippen LogP contribution in [0.4, 0.5) is 4.39 Å². The summed E-state index contributed by atoms with van der Waals surface area (Å²) >= 11 is 5.67. The molecule has 0 bridgehead atoms. The SMILES string of the molecule is Cn1nnc(-c2ccc(F)cc2)c1COc1ccc(Cl)nn1. The molecule has 2 heterocycles. The van der Waals surface area contributed by atoms with Crippen molar-refractivity contribution in [1.29, 1.82) is 0 Å². The summed E-state index contributed by atoms with van der Waals surface area (Å²) in [6.45, 7) is 0.201. The van der Waals surface area contributed by atoms with Crippen LogP contribution in [0.3, 0.4) is 0 Å². The van der Waals surface area contributed by atoms with Crippen LogP contribution in [-0.2, 0) is 13.7 Å². The van der Waals surface area contributed by atoms with Crippen LogP contribution < -0.4 is 4.74 Å². The number of nitrogens with zero attached hydrogens (tertiary/aromatic N) is 5. The van der Waals surface area contributed by atoms with Gasteiger partial charge in [-0.25, -0.2) is 9.07 Å². The molecule has 0 aliphatic carbocycles. The van der Waals surface area contributed by atoms with Crippen molar-refractivity contribution in [1.82, 2.24) is 25.2 Å². The molecule has 0 saturated carbocycles. The zero-order valence-electron chi connectivity index (χ0n) is 11.6. The average Bonchev–Trinajstić information content (AvgIpc) is 2.89. The lowest BCUT2D eigenvalue weighted by Gasteiger charge is -2.06. The molecule has 0 unspecified atom stereocenters. The van der Waals surface area contributed by atoms with E-state index in [1.807, 2.05) is 0 Å². The highest BCUT2D eigenvalue weighted by Crippen LogP contribution is 2.22. The van der Waals surface area contributed by atoms with Crippen LogP contribution >= 0.6 is 11.6 Å². The number of aryl methyl sites for hydroxylation is 1. The lowest BCUT2D eigenvalue weighted by molar-refractivity contribution is 0.280. The number of aromatic nitrogens is 5. The summed E-state index contributed by atoms with van der Waals surface area (Å²) in [4.78, 5) is 0. The molecule has 0 saturated heterocycles. The summed E-state index contributed by atoms with van der Waals surface area (Å²) < 4.78 is 20.2. The molecule has 0 radical (unpaired) electrons. The summed E-state index contributed by atoms with van der Waals surface area (Å²) in [6.07, 6.45) is 0. The largest absolute Gasteiger partial charge is 0.470 e. The first kappa shape index (κ1) is 14.4. The molecule has 8 heteroatoms. The Kier molecular flexibility index (Phi) is 3.97. The van der Waals surface area contributed by atoms with Gasteiger partial charge in [0.25, 0.3) is 0 Å². The van der Waals surface area contributed by atoms with Gasteiger partial charge >= 0.3 is 0 Å². The van der Waals surface area contributed by atoms with E-state index in [2.05, 4.69) is 20.5 Å². The Labute approximate surface area is 130 Å². The van der Waals surface area contributed by atoms with E-state index in [4.69, 9.17) is 16.3 Å². The van der Waals surface area contributed by atoms with Gasteiger partial charge in [0.05, 0.1) is 0 Å². The van der Waals surface area contributed by atoms with Gasteiger partial charge in [-0.3, -0.25) is 0 Å². The molecule has 1 aromatic carbocycles. The third kappa shape index (κ3) is 3.04. The van der Waals surface area contributed by atoms with E-state index in [1.165, 1.54) is 12.1 Å². The van der Waals surface area contributed by atoms with Crippen molar-refractivity contribution >= 4 is 11.6 Å². The Balaban J connectivity index is 1.83. The minimum atomic E-state index is -0.304. The second-order valence-corrected chi connectivity index (χ2v) is 4.89. The lowest BCUT2D eigenvalue weighted by Crippen LogP contribution is -2.05. The normalized spacial score (nSPS) is 10.7. The van der Waals surface area contributed by atoms with Crippen LogP contribution in [0.15, 0.2) is 36.4 Å². The fourth-order valence-corrected chi connectivity index (χ4v) is 1.99. The maximum Gasteiger partial charge on any atom is 0.233 e. The molecule has 6 nitrogen and oxygen atoms in total. The van der Waals surface area contributed by atoms with Crippen LogP contribution in [0, 0.1) is 5.82 Å². The predicted molar refractivity (Wildman–Crippen MR) is 77.8 cm³/mol. The van der Waals surface area contributed by atoms with Crippen LogP contribution in [0.25, 0.3) is 11.3 Å². The van der Waals surface area contributed by atoms with Crippen LogP contribution in [0.2, 0.25) is 5.15 Å². The maximum atomic E-state index is 13.0. The van der Waals surface area contributed by atoms with Gasteiger partial charge in [0.1, 0.15) is 23.8 Å². The second-order valence-electron chi connectivity index (χ2n) is 4.50. The van der Waals surface area contributed by atoms with Gasteiger partial charge in [-0.2, -0.15) is 0 Å². The molecule has 0 aliphatic heterocycles. The van der Waals surface area contributed by atoms with E-state index in [0.29, 0.717) is 16.7 Å². The van der Waals surface area contributed by atoms with Crippen molar-refractivity contribution < 1.29 is 9.13 Å². The molecule has 0 spiro atoms. The van der Waals surface area contributed by atoms with E-state index in [1.54, 1.807) is 36.0 Å². The van der Waals surface area contributed by atoms with E-state index < -0.39 is 0 Å². The van der Waals surface area contributed by atoms with Gasteiger partial charge < -0.3 is 4.74 Å². The second kappa shape index (κ2) is 6.07. The van der Waals surface area contributed by atoms with E-state index in [9.17, 15) is 4.39 Å². The highest BCUT2D eigenvalue weighted by Gasteiger charge is 2.14. The van der Waals surface area contributed by atoms with Gasteiger partial charge in [0, 0.05) is 18.7 Å². The summed E-state index contributed by atoms with van der Waals surface area (Å²) in [5, 5.41) is 15.9. The van der Waals surface area contributed by atoms with Gasteiger partial charge in [0.15, 0.2) is 5.15 Å². The smallest absolute Gasteiger partial charge is 0.233 e. The number of halogens is 2. The summed E-state index contributed by atoms with van der Waals surface area (Å²) in [5.41, 5.74) is 2.13. The average molecular weight is 320 g/mol. The first-order valence-corrected chi connectivity index (χ1v) is 6.78. The van der Waals surface area contributed by atoms with E-state index >= 15 is 0 Å². The fraction of sp³-hybridized carbons (Fsp3) is 0.143. The van der Waals surface area contributed by atoms with Crippen molar-refractivity contribution in [3.8, 4) is 17.1 Å². The standard InChI is InChI=1S/C14H11ClFN5O/c1-21-11(8-22-13-7-6-12(15)17-18-13)14(19-20-21)9-2-4-10(16)5-3-9/h2-7H,8H2,1H3. The summed E-state index contributed by atoms with van der Waals surface area (Å²) in [6, 6.07) is 9.25. The highest BCUT2D eigenvalue weighted by atomic mass is 35.5. The molecule has 0 fully saturated rings. The number of rotatable bonds is 4. The molecule has 22 heavy (non-hydrogen) atoms. The summed E-state index contributed by atoms with van der Waals surface area (Å²) in [7, 11) is 1.76. The van der Waals surface area contributed by atoms with Crippen LogP contribution in [0.1, 0.15) is 5.69 Å². The predicted octanol–water partition coefficient (Wildman–Crippen LogP) is 2.64. The Morgan fingerprint density at radius 3 is 2.55 bits per heavy atom. The van der Waals surface area contributed by atoms with Crippen molar-refractivity contribution in [2.45, 2.75) is 6.61 Å². The van der Waals surface area contributed by atoms with E-state index in [0.717, 1.165) is 11.3 Å². The molecule has 0 N–H and O–H groups in total. The topological polar surface area (TPSA) is 65.7 Å². The van der Waals surface area contributed by atoms with Crippen molar-refractivity contribution in [3.05, 3.63) is 53.1 Å². The molecule has 3 aromatic rings. The maximum absolute atomic E-state index is 13.0. The van der Waals surface area contributed by atoms with Crippen molar-refractivity contribution in [3.63, 3.8) is 0 Å². The minimum Gasteiger partial charge on any atom is -0.470 e. The molecule has 0 atom stereocenters. The molecule has 0 amide bonds. The lowest BCUT2D eigenvalue weighted by atomic mass is 10.1. The molecule has 3 rings (SSSR count). The molecule has 0 aliphatic rings. The minimum absolute atomic E-state index is 0.201. The monoisotopic (exact) mass is 319 g/mol. The molecular formula is C14H11ClFN5O. The first-order valence-electron chi connectivity index (χ1n) is 6.40. The van der Waals surface area contributed by atoms with Crippen LogP contribution in [0.5, 0.6) is 5.88 Å². The fourth-order valence-electron chi connectivity index (χ4n) is 1.89. The Morgan fingerprint density at radius 1 is 1.09 bits per heavy atom. The number of hydrogen-bond donors (Lipinski definition) is 0. The molecule has 112 valence electrons. The zero-order chi connectivity index (χ0) is 15.5. The Morgan fingerprint density at radius 2 is 1.86 bits per heavy atom. The third-order valence-corrected chi connectivity index (χ3v) is 3.23.